The number of likely N-dealkylation sites (tertiary alicyclic amines) is 1. The van der Waals surface area contributed by atoms with Crippen LogP contribution in [0.1, 0.15) is 46.5 Å². The molecule has 1 rings (SSSR count). The predicted molar refractivity (Wildman–Crippen MR) is 67.4 cm³/mol. The van der Waals surface area contributed by atoms with Crippen molar-refractivity contribution in [3.63, 3.8) is 0 Å². The molecule has 2 unspecified atom stereocenters. The zero-order chi connectivity index (χ0) is 12.0. The molecule has 0 aromatic rings. The van der Waals surface area contributed by atoms with Gasteiger partial charge in [-0.05, 0) is 25.3 Å². The van der Waals surface area contributed by atoms with Crippen molar-refractivity contribution in [2.24, 2.45) is 5.92 Å². The SMILES string of the molecule is CCNC(CN1CCCCC1=O)C(C)CC. The Balaban J connectivity index is 2.48. The van der Waals surface area contributed by atoms with Gasteiger partial charge in [0.05, 0.1) is 0 Å². The third kappa shape index (κ3) is 3.78. The lowest BCUT2D eigenvalue weighted by Crippen LogP contribution is -2.48. The van der Waals surface area contributed by atoms with E-state index in [0.717, 1.165) is 32.5 Å². The second-order valence-corrected chi connectivity index (χ2v) is 4.85. The average molecular weight is 226 g/mol. The Labute approximate surface area is 99.6 Å². The van der Waals surface area contributed by atoms with E-state index in [1.807, 2.05) is 4.90 Å². The van der Waals surface area contributed by atoms with Crippen LogP contribution >= 0.6 is 0 Å². The normalized spacial score (nSPS) is 20.9. The van der Waals surface area contributed by atoms with E-state index in [2.05, 4.69) is 26.1 Å². The first kappa shape index (κ1) is 13.5. The van der Waals surface area contributed by atoms with Crippen LogP contribution in [0.3, 0.4) is 0 Å². The maximum atomic E-state index is 11.7. The summed E-state index contributed by atoms with van der Waals surface area (Å²) in [5, 5.41) is 3.51. The number of piperidine rings is 1. The first-order valence-corrected chi connectivity index (χ1v) is 6.70. The summed E-state index contributed by atoms with van der Waals surface area (Å²) in [5.74, 6) is 0.979. The zero-order valence-corrected chi connectivity index (χ0v) is 11.0. The van der Waals surface area contributed by atoms with Crippen molar-refractivity contribution in [1.82, 2.24) is 10.2 Å². The van der Waals surface area contributed by atoms with Gasteiger partial charge in [0.15, 0.2) is 0 Å². The first-order valence-electron chi connectivity index (χ1n) is 6.70. The van der Waals surface area contributed by atoms with Gasteiger partial charge < -0.3 is 10.2 Å². The number of rotatable bonds is 6. The van der Waals surface area contributed by atoms with Gasteiger partial charge in [-0.1, -0.05) is 27.2 Å². The van der Waals surface area contributed by atoms with Crippen molar-refractivity contribution in [2.75, 3.05) is 19.6 Å². The molecule has 2 atom stereocenters. The molecule has 0 radical (unpaired) electrons. The van der Waals surface area contributed by atoms with Crippen molar-refractivity contribution in [3.05, 3.63) is 0 Å². The summed E-state index contributed by atoms with van der Waals surface area (Å²) in [6.45, 7) is 9.44. The summed E-state index contributed by atoms with van der Waals surface area (Å²) in [6, 6.07) is 0.456. The second kappa shape index (κ2) is 6.89. The summed E-state index contributed by atoms with van der Waals surface area (Å²) in [4.78, 5) is 13.8. The lowest BCUT2D eigenvalue weighted by Gasteiger charge is -2.33. The highest BCUT2D eigenvalue weighted by molar-refractivity contribution is 5.76. The summed E-state index contributed by atoms with van der Waals surface area (Å²) in [6.07, 6.45) is 4.16. The molecule has 94 valence electrons. The van der Waals surface area contributed by atoms with Gasteiger partial charge in [0.2, 0.25) is 5.91 Å². The first-order chi connectivity index (χ1) is 7.69. The molecule has 1 amide bonds. The molecule has 1 heterocycles. The van der Waals surface area contributed by atoms with E-state index in [1.54, 1.807) is 0 Å². The quantitative estimate of drug-likeness (QED) is 0.751. The van der Waals surface area contributed by atoms with E-state index in [-0.39, 0.29) is 0 Å². The Morgan fingerprint density at radius 1 is 1.38 bits per heavy atom. The van der Waals surface area contributed by atoms with Crippen LogP contribution in [0, 0.1) is 5.92 Å². The van der Waals surface area contributed by atoms with Crippen LogP contribution in [-0.2, 0) is 4.79 Å². The molecule has 1 aliphatic rings. The van der Waals surface area contributed by atoms with Crippen LogP contribution < -0.4 is 5.32 Å². The summed E-state index contributed by atoms with van der Waals surface area (Å²) in [7, 11) is 0. The van der Waals surface area contributed by atoms with Gasteiger partial charge in [-0.15, -0.1) is 0 Å². The molecule has 0 saturated carbocycles. The minimum absolute atomic E-state index is 0.345. The van der Waals surface area contributed by atoms with Gasteiger partial charge in [0.25, 0.3) is 0 Å². The summed E-state index contributed by atoms with van der Waals surface area (Å²) < 4.78 is 0. The largest absolute Gasteiger partial charge is 0.341 e. The van der Waals surface area contributed by atoms with E-state index < -0.39 is 0 Å². The number of carbonyl (C=O) groups excluding carboxylic acids is 1. The maximum Gasteiger partial charge on any atom is 0.222 e. The molecular weight excluding hydrogens is 200 g/mol. The Morgan fingerprint density at radius 2 is 2.12 bits per heavy atom. The Kier molecular flexibility index (Phi) is 5.81. The third-order valence-corrected chi connectivity index (χ3v) is 3.64. The molecule has 1 N–H and O–H groups in total. The zero-order valence-electron chi connectivity index (χ0n) is 11.0. The summed E-state index contributed by atoms with van der Waals surface area (Å²) in [5.41, 5.74) is 0. The Bertz CT molecular complexity index is 218. The van der Waals surface area contributed by atoms with E-state index in [4.69, 9.17) is 0 Å². The van der Waals surface area contributed by atoms with Gasteiger partial charge in [0.1, 0.15) is 0 Å². The van der Waals surface area contributed by atoms with Crippen molar-refractivity contribution in [2.45, 2.75) is 52.5 Å². The topological polar surface area (TPSA) is 32.3 Å². The standard InChI is InChI=1S/C13H26N2O/c1-4-11(3)12(14-5-2)10-15-9-7-6-8-13(15)16/h11-12,14H,4-10H2,1-3H3. The fourth-order valence-corrected chi connectivity index (χ4v) is 2.28. The van der Waals surface area contributed by atoms with Crippen molar-refractivity contribution in [1.29, 1.82) is 0 Å². The number of nitrogens with zero attached hydrogens (tertiary/aromatic N) is 1. The molecule has 1 saturated heterocycles. The van der Waals surface area contributed by atoms with Gasteiger partial charge in [0, 0.05) is 25.6 Å². The van der Waals surface area contributed by atoms with Gasteiger partial charge >= 0.3 is 0 Å². The highest BCUT2D eigenvalue weighted by atomic mass is 16.2. The van der Waals surface area contributed by atoms with Crippen molar-refractivity contribution in [3.8, 4) is 0 Å². The van der Waals surface area contributed by atoms with Crippen molar-refractivity contribution >= 4 is 5.91 Å². The summed E-state index contributed by atoms with van der Waals surface area (Å²) >= 11 is 0. The molecule has 0 aromatic carbocycles. The number of amides is 1. The molecule has 3 heteroatoms. The van der Waals surface area contributed by atoms with Crippen LogP contribution in [-0.4, -0.2) is 36.5 Å². The van der Waals surface area contributed by atoms with Crippen LogP contribution in [0.5, 0.6) is 0 Å². The lowest BCUT2D eigenvalue weighted by molar-refractivity contribution is -0.133. The third-order valence-electron chi connectivity index (χ3n) is 3.64. The van der Waals surface area contributed by atoms with Crippen molar-refractivity contribution < 1.29 is 4.79 Å². The lowest BCUT2D eigenvalue weighted by atomic mass is 9.97. The molecule has 0 spiro atoms. The number of hydrogen-bond donors (Lipinski definition) is 1. The van der Waals surface area contributed by atoms with Crippen LogP contribution in [0.2, 0.25) is 0 Å². The van der Waals surface area contributed by atoms with E-state index in [9.17, 15) is 4.79 Å². The Hall–Kier alpha value is -0.570. The molecule has 0 bridgehead atoms. The van der Waals surface area contributed by atoms with Crippen LogP contribution in [0.4, 0.5) is 0 Å². The smallest absolute Gasteiger partial charge is 0.222 e. The second-order valence-electron chi connectivity index (χ2n) is 4.85. The van der Waals surface area contributed by atoms with Crippen LogP contribution in [0.25, 0.3) is 0 Å². The molecule has 3 nitrogen and oxygen atoms in total. The number of hydrogen-bond acceptors (Lipinski definition) is 2. The number of carbonyl (C=O) groups is 1. The highest BCUT2D eigenvalue weighted by Gasteiger charge is 2.23. The minimum Gasteiger partial charge on any atom is -0.341 e. The molecular formula is C13H26N2O. The fraction of sp³-hybridized carbons (Fsp3) is 0.923. The Morgan fingerprint density at radius 3 is 2.69 bits per heavy atom. The van der Waals surface area contributed by atoms with E-state index in [1.165, 1.54) is 12.8 Å². The van der Waals surface area contributed by atoms with Gasteiger partial charge in [-0.25, -0.2) is 0 Å². The van der Waals surface area contributed by atoms with Crippen LogP contribution in [0.15, 0.2) is 0 Å². The highest BCUT2D eigenvalue weighted by Crippen LogP contribution is 2.14. The minimum atomic E-state index is 0.345. The molecule has 1 aliphatic heterocycles. The number of nitrogens with one attached hydrogen (secondary N) is 1. The number of likely N-dealkylation sites (N-methyl/N-ethyl adjacent to an activating group) is 1. The molecule has 1 fully saturated rings. The van der Waals surface area contributed by atoms with Gasteiger partial charge in [-0.3, -0.25) is 4.79 Å². The van der Waals surface area contributed by atoms with E-state index >= 15 is 0 Å². The molecule has 0 aliphatic carbocycles. The predicted octanol–water partition coefficient (Wildman–Crippen LogP) is 2.02. The molecule has 0 aromatic heterocycles. The average Bonchev–Trinajstić information content (AvgIpc) is 2.30. The fourth-order valence-electron chi connectivity index (χ4n) is 2.28. The van der Waals surface area contributed by atoms with Gasteiger partial charge in [-0.2, -0.15) is 0 Å². The maximum absolute atomic E-state index is 11.7. The van der Waals surface area contributed by atoms with E-state index in [0.29, 0.717) is 17.9 Å². The monoisotopic (exact) mass is 226 g/mol. The molecule has 16 heavy (non-hydrogen) atoms.